The van der Waals surface area contributed by atoms with Crippen LogP contribution in [0.4, 0.5) is 0 Å². The van der Waals surface area contributed by atoms with Gasteiger partial charge in [-0.3, -0.25) is 0 Å². The van der Waals surface area contributed by atoms with Crippen LogP contribution in [0, 0.1) is 0 Å². The molecule has 10 aromatic rings. The van der Waals surface area contributed by atoms with Gasteiger partial charge in [-0.25, -0.2) is 0 Å². The summed E-state index contributed by atoms with van der Waals surface area (Å²) >= 11 is 20.7. The minimum Gasteiger partial charge on any atom is -0.144 e. The van der Waals surface area contributed by atoms with E-state index in [0.29, 0.717) is 20.2 Å². The van der Waals surface area contributed by atoms with E-state index in [4.69, 9.17) is 0 Å². The molecule has 0 unspecified atom stereocenters. The molecule has 0 aromatic carbocycles. The maximum absolute atomic E-state index is 2.66. The van der Waals surface area contributed by atoms with Gasteiger partial charge in [0, 0.05) is 75.8 Å². The highest BCUT2D eigenvalue weighted by molar-refractivity contribution is 7.50. The minimum absolute atomic E-state index is 0.299. The summed E-state index contributed by atoms with van der Waals surface area (Å²) in [5.74, 6) is 0. The highest BCUT2D eigenvalue weighted by Gasteiger charge is 2.45. The van der Waals surface area contributed by atoms with Crippen molar-refractivity contribution < 1.29 is 0 Å². The van der Waals surface area contributed by atoms with E-state index in [2.05, 4.69) is 383 Å². The summed E-state index contributed by atoms with van der Waals surface area (Å²) in [6.45, 7) is 55.1. The van der Waals surface area contributed by atoms with Gasteiger partial charge in [0.05, 0.1) is 32.3 Å². The third-order valence-electron chi connectivity index (χ3n) is 20.2. The molecule has 82 heavy (non-hydrogen) atoms. The Morgan fingerprint density at radius 1 is 0.183 bits per heavy atom. The van der Waals surface area contributed by atoms with E-state index >= 15 is 0 Å². The van der Waals surface area contributed by atoms with Crippen LogP contribution in [0.3, 0.4) is 0 Å². The van der Waals surface area contributed by atoms with Crippen molar-refractivity contribution in [2.75, 3.05) is 0 Å². The molecule has 0 atom stereocenters. The molecular formula is C66H86S10Si6. The van der Waals surface area contributed by atoms with E-state index < -0.39 is 48.4 Å². The number of rotatable bonds is 15. The maximum Gasteiger partial charge on any atom is 0.181 e. The molecule has 0 nitrogen and oxygen atoms in total. The van der Waals surface area contributed by atoms with Gasteiger partial charge >= 0.3 is 0 Å². The SMILES string of the molecule is CC(C)(C)[Si](C)(C)c1ccc(-c2ccc([Si](C)(c3ccc(-c4ccc([Si](C)(c5ccc(-c6ccc([Si](C)(C)C(C)(C)C)s6)s5)c5ccc(-c6ccc([Si](C)(C)C(C)(C)C)s6)s5)s4)s3)c3ccc(-c4ccc([Si](C)(C)C(C)(C)C)s4)s3)s2)s1. The summed E-state index contributed by atoms with van der Waals surface area (Å²) in [6.07, 6.45) is 0. The first-order valence-corrected chi connectivity index (χ1v) is 54.1. The molecule has 0 saturated heterocycles. The first-order chi connectivity index (χ1) is 37.9. The predicted octanol–water partition coefficient (Wildman–Crippen LogP) is 19.7. The van der Waals surface area contributed by atoms with Crippen molar-refractivity contribution in [2.24, 2.45) is 0 Å². The molecular weight excluding hydrogens is 1280 g/mol. The number of thiophene rings is 10. The van der Waals surface area contributed by atoms with Gasteiger partial charge in [-0.15, -0.1) is 113 Å². The third kappa shape index (κ3) is 11.2. The second-order valence-electron chi connectivity index (χ2n) is 29.4. The molecule has 10 rings (SSSR count). The van der Waals surface area contributed by atoms with Gasteiger partial charge in [-0.05, 0) is 98.8 Å². The molecule has 0 saturated carbocycles. The lowest BCUT2D eigenvalue weighted by atomic mass is 10.2. The van der Waals surface area contributed by atoms with Crippen LogP contribution in [0.1, 0.15) is 83.1 Å². The van der Waals surface area contributed by atoms with Crippen LogP contribution in [0.5, 0.6) is 0 Å². The maximum atomic E-state index is 2.66. The molecule has 0 aliphatic carbocycles. The number of hydrogen-bond acceptors (Lipinski definition) is 10. The van der Waals surface area contributed by atoms with Crippen molar-refractivity contribution >= 4 is 207 Å². The van der Waals surface area contributed by atoms with Crippen LogP contribution in [-0.2, 0) is 0 Å². The van der Waals surface area contributed by atoms with E-state index in [0.717, 1.165) is 0 Å². The van der Waals surface area contributed by atoms with Crippen LogP contribution in [0.15, 0.2) is 121 Å². The fraction of sp³-hybridized carbons (Fsp3) is 0.394. The van der Waals surface area contributed by atoms with Crippen LogP contribution in [0.2, 0.25) is 85.6 Å². The highest BCUT2D eigenvalue weighted by atomic mass is 32.1. The van der Waals surface area contributed by atoms with Gasteiger partial charge < -0.3 is 0 Å². The van der Waals surface area contributed by atoms with Gasteiger partial charge in [0.25, 0.3) is 0 Å². The smallest absolute Gasteiger partial charge is 0.144 e. The van der Waals surface area contributed by atoms with E-state index in [-0.39, 0.29) is 0 Å². The quantitative estimate of drug-likeness (QED) is 0.0898. The van der Waals surface area contributed by atoms with Crippen molar-refractivity contribution in [1.29, 1.82) is 0 Å². The zero-order valence-corrected chi connectivity index (χ0v) is 66.8. The summed E-state index contributed by atoms with van der Waals surface area (Å²) in [6, 6.07) is 49.6. The van der Waals surface area contributed by atoms with Gasteiger partial charge in [0.2, 0.25) is 0 Å². The molecule has 16 heteroatoms. The Morgan fingerprint density at radius 2 is 0.293 bits per heavy atom. The monoisotopic (exact) mass is 1370 g/mol. The van der Waals surface area contributed by atoms with Crippen molar-refractivity contribution in [3.63, 3.8) is 0 Å². The normalized spacial score (nSPS) is 14.0. The summed E-state index contributed by atoms with van der Waals surface area (Å²) in [5, 5.41) is 1.20. The van der Waals surface area contributed by atoms with Crippen molar-refractivity contribution in [3.05, 3.63) is 121 Å². The largest absolute Gasteiger partial charge is 0.181 e. The summed E-state index contributed by atoms with van der Waals surface area (Å²) in [7, 11) is -11.6. The van der Waals surface area contributed by atoms with E-state index in [9.17, 15) is 0 Å². The number of hydrogen-bond donors (Lipinski definition) is 0. The molecule has 0 aliphatic rings. The molecule has 10 heterocycles. The van der Waals surface area contributed by atoms with Gasteiger partial charge in [0.15, 0.2) is 16.1 Å². The molecule has 0 bridgehead atoms. The Bertz CT molecular complexity index is 3430. The highest BCUT2D eigenvalue weighted by Crippen LogP contribution is 2.44. The Hall–Kier alpha value is -1.70. The fourth-order valence-electron chi connectivity index (χ4n) is 9.87. The molecule has 434 valence electrons. The summed E-state index contributed by atoms with van der Waals surface area (Å²) in [4.78, 5) is 14.2. The predicted molar refractivity (Wildman–Crippen MR) is 407 cm³/mol. The molecule has 0 radical (unpaired) electrons. The Balaban J connectivity index is 1.05. The molecule has 0 aliphatic heterocycles. The van der Waals surface area contributed by atoms with Gasteiger partial charge in [0.1, 0.15) is 0 Å². The second-order valence-corrected chi connectivity index (χ2v) is 72.7. The molecule has 0 N–H and O–H groups in total. The van der Waals surface area contributed by atoms with Gasteiger partial charge in [-0.2, -0.15) is 0 Å². The van der Waals surface area contributed by atoms with Crippen molar-refractivity contribution in [2.45, 2.75) is 169 Å². The second kappa shape index (κ2) is 22.1. The fourth-order valence-corrected chi connectivity index (χ4v) is 47.9. The zero-order chi connectivity index (χ0) is 59.8. The Labute approximate surface area is 539 Å². The zero-order valence-electron chi connectivity index (χ0n) is 52.6. The lowest BCUT2D eigenvalue weighted by molar-refractivity contribution is 0.730. The summed E-state index contributed by atoms with van der Waals surface area (Å²) in [5.41, 5.74) is 0. The van der Waals surface area contributed by atoms with Gasteiger partial charge in [-0.1, -0.05) is 209 Å². The first kappa shape index (κ1) is 63.3. The average molecular weight is 1370 g/mol. The van der Waals surface area contributed by atoms with Crippen LogP contribution in [-0.4, -0.2) is 48.4 Å². The van der Waals surface area contributed by atoms with Crippen molar-refractivity contribution in [3.8, 4) is 48.8 Å². The topological polar surface area (TPSA) is 0 Å². The third-order valence-corrected chi connectivity index (χ3v) is 74.2. The standard InChI is InChI=1S/C66H86S10Si6/c1-63(2,3)77(13,14)53-33-23-43(67-53)47-27-37-57(71-47)81(21,58-38-28-48(72-58)44-24-34-54(68-44)78(15,16)64(4,5)6)61-41-31-51(75-61)52-32-42-62(76-52)82(22,59-39-29-49(73-59)45-25-35-55(69-45)79(17,18)65(7,8)9)60-40-30-50(74-60)46-26-36-56(70-46)80(19,20)66(10,11)12/h23-42H,1-22H3. The van der Waals surface area contributed by atoms with E-state index in [1.54, 1.807) is 45.0 Å². The molecule has 0 amide bonds. The molecule has 0 fully saturated rings. The lowest BCUT2D eigenvalue weighted by Gasteiger charge is -2.35. The van der Waals surface area contributed by atoms with Crippen LogP contribution in [0.25, 0.3) is 48.8 Å². The van der Waals surface area contributed by atoms with Crippen molar-refractivity contribution in [1.82, 2.24) is 0 Å². The molecule has 0 spiro atoms. The minimum atomic E-state index is -2.46. The van der Waals surface area contributed by atoms with Crippen LogP contribution >= 0.6 is 113 Å². The van der Waals surface area contributed by atoms with E-state index in [1.165, 1.54) is 48.8 Å². The Kier molecular flexibility index (Phi) is 17.1. The van der Waals surface area contributed by atoms with E-state index in [1.807, 2.05) is 0 Å². The lowest BCUT2D eigenvalue weighted by Crippen LogP contribution is -2.61. The average Bonchev–Trinajstić information content (AvgIpc) is 2.83. The Morgan fingerprint density at radius 3 is 0.415 bits per heavy atom. The summed E-state index contributed by atoms with van der Waals surface area (Å²) < 4.78 is 15.7. The first-order valence-electron chi connectivity index (χ1n) is 28.9. The molecule has 10 aromatic heterocycles. The van der Waals surface area contributed by atoms with Crippen LogP contribution < -0.4 is 45.0 Å².